The van der Waals surface area contributed by atoms with Gasteiger partial charge < -0.3 is 20.8 Å². The highest BCUT2D eigenvalue weighted by molar-refractivity contribution is 5.88. The van der Waals surface area contributed by atoms with Crippen molar-refractivity contribution in [3.05, 3.63) is 59.3 Å². The summed E-state index contributed by atoms with van der Waals surface area (Å²) >= 11 is 0. The van der Waals surface area contributed by atoms with Crippen LogP contribution < -0.4 is 15.8 Å². The Morgan fingerprint density at radius 1 is 1.12 bits per heavy atom. The second kappa shape index (κ2) is 5.87. The van der Waals surface area contributed by atoms with E-state index in [1.807, 2.05) is 32.0 Å². The van der Waals surface area contributed by atoms with Crippen LogP contribution in [0.25, 0.3) is 10.9 Å². The summed E-state index contributed by atoms with van der Waals surface area (Å²) < 4.78 is 5.75. The molecule has 1 atom stereocenters. The van der Waals surface area contributed by atoms with E-state index >= 15 is 0 Å². The van der Waals surface area contributed by atoms with Gasteiger partial charge in [0.25, 0.3) is 0 Å². The predicted octanol–water partition coefficient (Wildman–Crippen LogP) is 3.77. The lowest BCUT2D eigenvalue weighted by Crippen LogP contribution is -2.30. The standard InChI is InChI=1S/C20H23N3O/c1-12(2)24-15-6-3-13(4-7-15)19-20-16(9-10-22-19)17-11-14(21)5-8-18(17)23-20/h3-8,11-12,19,22-23H,9-10,21H2,1-2H3. The van der Waals surface area contributed by atoms with Crippen LogP contribution in [0.5, 0.6) is 5.75 Å². The van der Waals surface area contributed by atoms with Gasteiger partial charge in [-0.05, 0) is 61.7 Å². The van der Waals surface area contributed by atoms with Crippen molar-refractivity contribution in [1.29, 1.82) is 0 Å². The summed E-state index contributed by atoms with van der Waals surface area (Å²) in [6.45, 7) is 5.04. The Balaban J connectivity index is 1.72. The van der Waals surface area contributed by atoms with Crippen LogP contribution in [0.3, 0.4) is 0 Å². The Bertz CT molecular complexity index is 864. The molecule has 1 aliphatic heterocycles. The van der Waals surface area contributed by atoms with E-state index in [2.05, 4.69) is 34.6 Å². The molecule has 0 amide bonds. The van der Waals surface area contributed by atoms with Gasteiger partial charge in [0.15, 0.2) is 0 Å². The van der Waals surface area contributed by atoms with Crippen LogP contribution in [0.2, 0.25) is 0 Å². The Kier molecular flexibility index (Phi) is 3.69. The van der Waals surface area contributed by atoms with E-state index in [1.165, 1.54) is 22.2 Å². The Hall–Kier alpha value is -2.46. The number of nitrogens with two attached hydrogens (primary N) is 1. The molecule has 4 heteroatoms. The van der Waals surface area contributed by atoms with Gasteiger partial charge in [0, 0.05) is 28.8 Å². The van der Waals surface area contributed by atoms with Crippen LogP contribution in [0.4, 0.5) is 5.69 Å². The summed E-state index contributed by atoms with van der Waals surface area (Å²) in [6.07, 6.45) is 1.21. The lowest BCUT2D eigenvalue weighted by atomic mass is 9.94. The van der Waals surface area contributed by atoms with Gasteiger partial charge in [0.2, 0.25) is 0 Å². The number of ether oxygens (including phenoxy) is 1. The van der Waals surface area contributed by atoms with Gasteiger partial charge in [-0.15, -0.1) is 0 Å². The van der Waals surface area contributed by atoms with E-state index in [9.17, 15) is 0 Å². The molecule has 2 aromatic carbocycles. The number of aromatic amines is 1. The molecule has 2 heterocycles. The maximum absolute atomic E-state index is 5.97. The molecular formula is C20H23N3O. The summed E-state index contributed by atoms with van der Waals surface area (Å²) in [5.74, 6) is 0.911. The second-order valence-electron chi connectivity index (χ2n) is 6.70. The Labute approximate surface area is 142 Å². The molecule has 124 valence electrons. The Morgan fingerprint density at radius 2 is 1.92 bits per heavy atom. The topological polar surface area (TPSA) is 63.1 Å². The van der Waals surface area contributed by atoms with E-state index in [4.69, 9.17) is 10.5 Å². The monoisotopic (exact) mass is 321 g/mol. The quantitative estimate of drug-likeness (QED) is 0.643. The minimum absolute atomic E-state index is 0.176. The maximum Gasteiger partial charge on any atom is 0.119 e. The van der Waals surface area contributed by atoms with Gasteiger partial charge in [0.1, 0.15) is 5.75 Å². The number of anilines is 1. The molecule has 24 heavy (non-hydrogen) atoms. The van der Waals surface area contributed by atoms with Crippen molar-refractivity contribution in [2.45, 2.75) is 32.4 Å². The van der Waals surface area contributed by atoms with Gasteiger partial charge in [-0.25, -0.2) is 0 Å². The third-order valence-corrected chi connectivity index (χ3v) is 4.56. The van der Waals surface area contributed by atoms with Crippen LogP contribution in [-0.4, -0.2) is 17.6 Å². The highest BCUT2D eigenvalue weighted by Gasteiger charge is 2.25. The molecule has 0 radical (unpaired) electrons. The zero-order valence-electron chi connectivity index (χ0n) is 14.1. The lowest BCUT2D eigenvalue weighted by Gasteiger charge is -2.25. The summed E-state index contributed by atoms with van der Waals surface area (Å²) in [6, 6.07) is 14.7. The van der Waals surface area contributed by atoms with Crippen molar-refractivity contribution >= 4 is 16.6 Å². The van der Waals surface area contributed by atoms with E-state index in [-0.39, 0.29) is 12.1 Å². The molecule has 1 aromatic heterocycles. The van der Waals surface area contributed by atoms with Crippen molar-refractivity contribution < 1.29 is 4.74 Å². The maximum atomic E-state index is 5.97. The van der Waals surface area contributed by atoms with Crippen molar-refractivity contribution in [2.24, 2.45) is 0 Å². The molecule has 0 fully saturated rings. The smallest absolute Gasteiger partial charge is 0.119 e. The molecule has 1 aliphatic rings. The SMILES string of the molecule is CC(C)Oc1ccc(C2NCCc3c2[nH]c2ccc(N)cc32)cc1. The van der Waals surface area contributed by atoms with Crippen LogP contribution in [0.15, 0.2) is 42.5 Å². The summed E-state index contributed by atoms with van der Waals surface area (Å²) in [7, 11) is 0. The molecule has 0 saturated carbocycles. The second-order valence-corrected chi connectivity index (χ2v) is 6.70. The highest BCUT2D eigenvalue weighted by atomic mass is 16.5. The van der Waals surface area contributed by atoms with Gasteiger partial charge >= 0.3 is 0 Å². The lowest BCUT2D eigenvalue weighted by molar-refractivity contribution is 0.242. The number of benzene rings is 2. The number of aromatic nitrogens is 1. The van der Waals surface area contributed by atoms with Crippen molar-refractivity contribution in [2.75, 3.05) is 12.3 Å². The van der Waals surface area contributed by atoms with Crippen LogP contribution in [0.1, 0.15) is 36.7 Å². The molecule has 0 aliphatic carbocycles. The first-order valence-corrected chi connectivity index (χ1v) is 8.52. The number of fused-ring (bicyclic) bond motifs is 3. The number of nitrogen functional groups attached to an aromatic ring is 1. The van der Waals surface area contributed by atoms with E-state index < -0.39 is 0 Å². The average Bonchev–Trinajstić information content (AvgIpc) is 2.93. The molecule has 0 bridgehead atoms. The van der Waals surface area contributed by atoms with Gasteiger partial charge in [-0.3, -0.25) is 0 Å². The number of nitrogens with one attached hydrogen (secondary N) is 2. The molecule has 4 rings (SSSR count). The third-order valence-electron chi connectivity index (χ3n) is 4.56. The highest BCUT2D eigenvalue weighted by Crippen LogP contribution is 2.34. The number of H-pyrrole nitrogens is 1. The average molecular weight is 321 g/mol. The number of hydrogen-bond donors (Lipinski definition) is 3. The fraction of sp³-hybridized carbons (Fsp3) is 0.300. The summed E-state index contributed by atoms with van der Waals surface area (Å²) in [4.78, 5) is 3.59. The fourth-order valence-corrected chi connectivity index (χ4v) is 3.54. The first-order valence-electron chi connectivity index (χ1n) is 8.52. The van der Waals surface area contributed by atoms with Gasteiger partial charge in [-0.1, -0.05) is 12.1 Å². The van der Waals surface area contributed by atoms with Crippen LogP contribution >= 0.6 is 0 Å². The fourth-order valence-electron chi connectivity index (χ4n) is 3.54. The predicted molar refractivity (Wildman–Crippen MR) is 98.5 cm³/mol. The molecule has 0 spiro atoms. The summed E-state index contributed by atoms with van der Waals surface area (Å²) in [5.41, 5.74) is 11.8. The molecule has 0 saturated heterocycles. The molecule has 4 N–H and O–H groups in total. The molecule has 4 nitrogen and oxygen atoms in total. The van der Waals surface area contributed by atoms with Crippen molar-refractivity contribution in [3.8, 4) is 5.75 Å². The largest absolute Gasteiger partial charge is 0.491 e. The first kappa shape index (κ1) is 15.1. The molecule has 3 aromatic rings. The number of rotatable bonds is 3. The van der Waals surface area contributed by atoms with Crippen molar-refractivity contribution in [1.82, 2.24) is 10.3 Å². The summed E-state index contributed by atoms with van der Waals surface area (Å²) in [5, 5.41) is 4.87. The number of hydrogen-bond acceptors (Lipinski definition) is 3. The molecular weight excluding hydrogens is 298 g/mol. The third kappa shape index (κ3) is 2.63. The first-order chi connectivity index (χ1) is 11.6. The minimum Gasteiger partial charge on any atom is -0.491 e. The minimum atomic E-state index is 0.176. The molecule has 1 unspecified atom stereocenters. The van der Waals surface area contributed by atoms with Crippen molar-refractivity contribution in [3.63, 3.8) is 0 Å². The van der Waals surface area contributed by atoms with E-state index in [0.29, 0.717) is 0 Å². The van der Waals surface area contributed by atoms with E-state index in [1.54, 1.807) is 0 Å². The normalized spacial score (nSPS) is 17.2. The zero-order valence-corrected chi connectivity index (χ0v) is 14.1. The zero-order chi connectivity index (χ0) is 16.7. The van der Waals surface area contributed by atoms with Gasteiger partial charge in [0.05, 0.1) is 12.1 Å². The van der Waals surface area contributed by atoms with Crippen LogP contribution in [0, 0.1) is 0 Å². The Morgan fingerprint density at radius 3 is 2.67 bits per heavy atom. The van der Waals surface area contributed by atoms with Gasteiger partial charge in [-0.2, -0.15) is 0 Å². The van der Waals surface area contributed by atoms with E-state index in [0.717, 1.165) is 29.9 Å². The van der Waals surface area contributed by atoms with Crippen LogP contribution in [-0.2, 0) is 6.42 Å².